The van der Waals surface area contributed by atoms with Crippen molar-refractivity contribution < 1.29 is 0 Å². The van der Waals surface area contributed by atoms with Crippen LogP contribution < -0.4 is 11.5 Å². The lowest BCUT2D eigenvalue weighted by molar-refractivity contribution is 0.954. The van der Waals surface area contributed by atoms with Crippen molar-refractivity contribution in [2.24, 2.45) is 11.5 Å². The fourth-order valence-corrected chi connectivity index (χ4v) is 5.61. The molecule has 4 aromatic heterocycles. The van der Waals surface area contributed by atoms with Crippen molar-refractivity contribution in [1.82, 2.24) is 19.9 Å². The van der Waals surface area contributed by atoms with Gasteiger partial charge in [0.05, 0.1) is 10.0 Å². The largest absolute Gasteiger partial charge is 0.330 e. The van der Waals surface area contributed by atoms with E-state index < -0.39 is 0 Å². The van der Waals surface area contributed by atoms with E-state index in [0.29, 0.717) is 13.1 Å². The molecule has 12 heteroatoms. The van der Waals surface area contributed by atoms with Gasteiger partial charge in [-0.2, -0.15) is 0 Å². The SMILES string of the molecule is Cl.Cl.NCCc1nc(-c2nc(-c3csc(-c4csc(CCN)n4)n3)cs2)cs1. The van der Waals surface area contributed by atoms with Crippen molar-refractivity contribution in [3.63, 3.8) is 0 Å². The average Bonchev–Trinajstić information content (AvgIpc) is 3.41. The van der Waals surface area contributed by atoms with Crippen LogP contribution in [0, 0.1) is 0 Å². The van der Waals surface area contributed by atoms with E-state index in [1.807, 2.05) is 21.5 Å². The third kappa shape index (κ3) is 5.14. The Bertz CT molecular complexity index is 928. The summed E-state index contributed by atoms with van der Waals surface area (Å²) >= 11 is 6.42. The third-order valence-corrected chi connectivity index (χ3v) is 7.08. The van der Waals surface area contributed by atoms with Gasteiger partial charge in [-0.15, -0.1) is 70.2 Å². The summed E-state index contributed by atoms with van der Waals surface area (Å²) in [7, 11) is 0. The van der Waals surface area contributed by atoms with Crippen LogP contribution in [0.2, 0.25) is 0 Å². The van der Waals surface area contributed by atoms with Crippen LogP contribution >= 0.6 is 70.2 Å². The summed E-state index contributed by atoms with van der Waals surface area (Å²) in [5, 5.41) is 12.0. The van der Waals surface area contributed by atoms with Crippen LogP contribution in [0.5, 0.6) is 0 Å². The van der Waals surface area contributed by atoms with Crippen LogP contribution in [0.1, 0.15) is 10.0 Å². The minimum atomic E-state index is 0. The second-order valence-electron chi connectivity index (χ2n) is 5.41. The van der Waals surface area contributed by atoms with Gasteiger partial charge in [0.1, 0.15) is 32.8 Å². The molecule has 4 aromatic rings. The maximum atomic E-state index is 5.59. The predicted molar refractivity (Wildman–Crippen MR) is 125 cm³/mol. The number of hydrogen-bond donors (Lipinski definition) is 2. The maximum Gasteiger partial charge on any atom is 0.143 e. The number of thiazole rings is 4. The van der Waals surface area contributed by atoms with Crippen LogP contribution in [0.25, 0.3) is 32.8 Å². The van der Waals surface area contributed by atoms with Gasteiger partial charge in [-0.05, 0) is 13.1 Å². The maximum absolute atomic E-state index is 5.59. The number of nitrogens with two attached hydrogens (primary N) is 2. The third-order valence-electron chi connectivity index (χ3n) is 3.53. The monoisotopic (exact) mass is 492 g/mol. The van der Waals surface area contributed by atoms with Gasteiger partial charge >= 0.3 is 0 Å². The minimum absolute atomic E-state index is 0. The van der Waals surface area contributed by atoms with Gasteiger partial charge < -0.3 is 11.5 Å². The van der Waals surface area contributed by atoms with E-state index >= 15 is 0 Å². The van der Waals surface area contributed by atoms with Gasteiger partial charge in [-0.1, -0.05) is 0 Å². The van der Waals surface area contributed by atoms with Crippen LogP contribution in [0.3, 0.4) is 0 Å². The summed E-state index contributed by atoms with van der Waals surface area (Å²) in [6, 6.07) is 0. The predicted octanol–water partition coefficient (Wildman–Crippen LogP) is 4.36. The molecular formula is C16H18Cl2N6S4. The first-order chi connectivity index (χ1) is 12.8. The van der Waals surface area contributed by atoms with Crippen molar-refractivity contribution in [3.8, 4) is 32.8 Å². The van der Waals surface area contributed by atoms with E-state index in [1.54, 1.807) is 45.3 Å². The van der Waals surface area contributed by atoms with Crippen molar-refractivity contribution >= 4 is 70.2 Å². The molecule has 0 saturated heterocycles. The molecular weight excluding hydrogens is 475 g/mol. The molecule has 0 atom stereocenters. The number of aromatic nitrogens is 4. The van der Waals surface area contributed by atoms with E-state index in [-0.39, 0.29) is 24.8 Å². The molecule has 0 saturated carbocycles. The van der Waals surface area contributed by atoms with Crippen molar-refractivity contribution in [2.75, 3.05) is 13.1 Å². The fourth-order valence-electron chi connectivity index (χ4n) is 2.31. The zero-order chi connectivity index (χ0) is 17.9. The Kier molecular flexibility index (Phi) is 8.90. The van der Waals surface area contributed by atoms with Gasteiger partial charge in [0.15, 0.2) is 0 Å². The molecule has 0 unspecified atom stereocenters. The average molecular weight is 494 g/mol. The molecule has 0 fully saturated rings. The fraction of sp³-hybridized carbons (Fsp3) is 0.250. The minimum Gasteiger partial charge on any atom is -0.330 e. The van der Waals surface area contributed by atoms with Crippen LogP contribution in [-0.2, 0) is 12.8 Å². The second kappa shape index (κ2) is 10.7. The molecule has 0 spiro atoms. The first kappa shape index (κ1) is 23.3. The van der Waals surface area contributed by atoms with Gasteiger partial charge in [-0.25, -0.2) is 19.9 Å². The molecule has 4 heterocycles. The molecule has 0 aliphatic carbocycles. The molecule has 0 aromatic carbocycles. The Morgan fingerprint density at radius 2 is 0.964 bits per heavy atom. The topological polar surface area (TPSA) is 104 Å². The number of rotatable bonds is 7. The van der Waals surface area contributed by atoms with E-state index in [0.717, 1.165) is 55.6 Å². The zero-order valence-electron chi connectivity index (χ0n) is 14.5. The molecule has 0 aliphatic heterocycles. The van der Waals surface area contributed by atoms with Gasteiger partial charge in [-0.3, -0.25) is 0 Å². The number of nitrogens with zero attached hydrogens (tertiary/aromatic N) is 4. The quantitative estimate of drug-likeness (QED) is 0.397. The molecule has 6 nitrogen and oxygen atoms in total. The summed E-state index contributed by atoms with van der Waals surface area (Å²) in [6.45, 7) is 1.22. The molecule has 4 rings (SSSR count). The second-order valence-corrected chi connectivity index (χ2v) is 9.01. The highest BCUT2D eigenvalue weighted by Gasteiger charge is 2.14. The van der Waals surface area contributed by atoms with Gasteiger partial charge in [0.2, 0.25) is 0 Å². The lowest BCUT2D eigenvalue weighted by Crippen LogP contribution is -2.01. The van der Waals surface area contributed by atoms with Gasteiger partial charge in [0, 0.05) is 34.4 Å². The van der Waals surface area contributed by atoms with E-state index in [9.17, 15) is 0 Å². The summed E-state index contributed by atoms with van der Waals surface area (Å²) in [6.07, 6.45) is 1.61. The first-order valence-electron chi connectivity index (χ1n) is 7.98. The van der Waals surface area contributed by atoms with E-state index in [2.05, 4.69) is 9.97 Å². The van der Waals surface area contributed by atoms with Crippen molar-refractivity contribution in [1.29, 1.82) is 0 Å². The van der Waals surface area contributed by atoms with E-state index in [1.165, 1.54) is 0 Å². The lowest BCUT2D eigenvalue weighted by Gasteiger charge is -1.91. The molecule has 0 aliphatic rings. The molecule has 28 heavy (non-hydrogen) atoms. The molecule has 0 radical (unpaired) electrons. The highest BCUT2D eigenvalue weighted by atomic mass is 35.5. The van der Waals surface area contributed by atoms with Crippen LogP contribution in [0.15, 0.2) is 21.5 Å². The van der Waals surface area contributed by atoms with Crippen molar-refractivity contribution in [2.45, 2.75) is 12.8 Å². The highest BCUT2D eigenvalue weighted by Crippen LogP contribution is 2.33. The smallest absolute Gasteiger partial charge is 0.143 e. The van der Waals surface area contributed by atoms with Crippen LogP contribution in [-0.4, -0.2) is 33.0 Å². The standard InChI is InChI=1S/C16H16N6S4.2ClH/c17-3-1-13-19-11(7-23-13)15-21-9(5-25-15)10-6-26-16(22-10)12-8-24-14(20-12)2-4-18;;/h5-8H,1-4,17-18H2;2*1H. The lowest BCUT2D eigenvalue weighted by atomic mass is 10.4. The normalized spacial score (nSPS) is 10.5. The van der Waals surface area contributed by atoms with E-state index in [4.69, 9.17) is 21.4 Å². The molecule has 4 N–H and O–H groups in total. The summed E-state index contributed by atoms with van der Waals surface area (Å²) in [5.41, 5.74) is 14.8. The Balaban J connectivity index is 0.00000140. The number of halogens is 2. The molecule has 0 amide bonds. The van der Waals surface area contributed by atoms with Gasteiger partial charge in [0.25, 0.3) is 0 Å². The summed E-state index contributed by atoms with van der Waals surface area (Å²) in [5.74, 6) is 0. The van der Waals surface area contributed by atoms with Crippen LogP contribution in [0.4, 0.5) is 0 Å². The Morgan fingerprint density at radius 3 is 1.36 bits per heavy atom. The summed E-state index contributed by atoms with van der Waals surface area (Å²) in [4.78, 5) is 18.6. The van der Waals surface area contributed by atoms with Crippen molar-refractivity contribution in [3.05, 3.63) is 31.5 Å². The zero-order valence-corrected chi connectivity index (χ0v) is 19.4. The molecule has 0 bridgehead atoms. The Labute approximate surface area is 190 Å². The first-order valence-corrected chi connectivity index (χ1v) is 11.5. The Hall–Kier alpha value is -0.980. The molecule has 150 valence electrons. The summed E-state index contributed by atoms with van der Waals surface area (Å²) < 4.78 is 0. The number of hydrogen-bond acceptors (Lipinski definition) is 10. The Morgan fingerprint density at radius 1 is 0.571 bits per heavy atom. The highest BCUT2D eigenvalue weighted by molar-refractivity contribution is 7.15.